The molecule has 162 valence electrons. The van der Waals surface area contributed by atoms with Gasteiger partial charge in [0.25, 0.3) is 0 Å². The number of nitrogens with one attached hydrogen (secondary N) is 1. The predicted octanol–water partition coefficient (Wildman–Crippen LogP) is 5.61. The van der Waals surface area contributed by atoms with Gasteiger partial charge in [0, 0.05) is 30.7 Å². The topological polar surface area (TPSA) is 50.2 Å². The van der Waals surface area contributed by atoms with Gasteiger partial charge in [-0.15, -0.1) is 0 Å². The van der Waals surface area contributed by atoms with Crippen LogP contribution in [-0.4, -0.2) is 34.6 Å². The summed E-state index contributed by atoms with van der Waals surface area (Å²) in [6.45, 7) is 1.58. The number of rotatable bonds is 4. The van der Waals surface area contributed by atoms with E-state index in [0.29, 0.717) is 16.1 Å². The molecule has 5 nitrogen and oxygen atoms in total. The highest BCUT2D eigenvalue weighted by atomic mass is 35.5. The molecule has 2 heterocycles. The van der Waals surface area contributed by atoms with Crippen LogP contribution in [0.2, 0.25) is 10.0 Å². The van der Waals surface area contributed by atoms with Crippen molar-refractivity contribution in [3.63, 3.8) is 0 Å². The number of carbonyl (C=O) groups excluding carboxylic acids is 1. The summed E-state index contributed by atoms with van der Waals surface area (Å²) in [6, 6.07) is 14.2. The number of aromatic nitrogens is 2. The highest BCUT2D eigenvalue weighted by Gasteiger charge is 2.29. The summed E-state index contributed by atoms with van der Waals surface area (Å²) in [7, 11) is 0. The Morgan fingerprint density at radius 1 is 0.968 bits per heavy atom. The van der Waals surface area contributed by atoms with Crippen LogP contribution in [0, 0.1) is 5.92 Å². The molecule has 3 aromatic rings. The zero-order chi connectivity index (χ0) is 21.4. The van der Waals surface area contributed by atoms with E-state index in [0.717, 1.165) is 61.4 Å². The Morgan fingerprint density at radius 3 is 2.35 bits per heavy atom. The molecule has 1 N–H and O–H groups in total. The van der Waals surface area contributed by atoms with Crippen molar-refractivity contribution in [2.45, 2.75) is 44.6 Å². The summed E-state index contributed by atoms with van der Waals surface area (Å²) >= 11 is 12.6. The lowest BCUT2D eigenvalue weighted by atomic mass is 9.95. The van der Waals surface area contributed by atoms with Crippen LogP contribution >= 0.6 is 23.2 Å². The molecule has 2 aromatic carbocycles. The number of fused-ring (bicyclic) bond motifs is 1. The molecule has 1 aromatic heterocycles. The first-order valence-electron chi connectivity index (χ1n) is 11.1. The summed E-state index contributed by atoms with van der Waals surface area (Å²) in [6.07, 6.45) is 6.37. The summed E-state index contributed by atoms with van der Waals surface area (Å²) < 4.78 is 2.14. The van der Waals surface area contributed by atoms with E-state index in [4.69, 9.17) is 28.2 Å². The van der Waals surface area contributed by atoms with Gasteiger partial charge in [-0.2, -0.15) is 0 Å². The fourth-order valence-corrected chi connectivity index (χ4v) is 5.15. The Kier molecular flexibility index (Phi) is 5.81. The van der Waals surface area contributed by atoms with Crippen molar-refractivity contribution in [3.8, 4) is 5.69 Å². The standard InChI is InChI=1S/C24H26Cl2N4O/c25-19-14-21-22(15-20(19)26)30(18-8-2-1-3-9-18)24(28-21)29-12-10-16(11-13-29)23(31)27-17-6-4-5-7-17/h1-3,8-9,14-17H,4-7,10-13H2,(H,27,31). The molecule has 0 radical (unpaired) electrons. The molecule has 5 rings (SSSR count). The van der Waals surface area contributed by atoms with E-state index in [9.17, 15) is 4.79 Å². The van der Waals surface area contributed by atoms with Crippen LogP contribution in [0.5, 0.6) is 0 Å². The van der Waals surface area contributed by atoms with Gasteiger partial charge in [0.2, 0.25) is 11.9 Å². The lowest BCUT2D eigenvalue weighted by Gasteiger charge is -2.33. The van der Waals surface area contributed by atoms with E-state index in [1.54, 1.807) is 0 Å². The maximum Gasteiger partial charge on any atom is 0.223 e. The van der Waals surface area contributed by atoms with Gasteiger partial charge in [-0.3, -0.25) is 9.36 Å². The molecular formula is C24H26Cl2N4O. The molecular weight excluding hydrogens is 431 g/mol. The van der Waals surface area contributed by atoms with Crippen LogP contribution in [0.15, 0.2) is 42.5 Å². The first kappa shape index (κ1) is 20.7. The van der Waals surface area contributed by atoms with E-state index >= 15 is 0 Å². The van der Waals surface area contributed by atoms with Gasteiger partial charge < -0.3 is 10.2 Å². The normalized spacial score (nSPS) is 18.1. The third-order valence-corrected chi connectivity index (χ3v) is 7.27. The fraction of sp³-hybridized carbons (Fsp3) is 0.417. The Labute approximate surface area is 192 Å². The second-order valence-electron chi connectivity index (χ2n) is 8.59. The van der Waals surface area contributed by atoms with Gasteiger partial charge in [-0.1, -0.05) is 54.2 Å². The van der Waals surface area contributed by atoms with E-state index < -0.39 is 0 Å². The lowest BCUT2D eigenvalue weighted by molar-refractivity contribution is -0.126. The van der Waals surface area contributed by atoms with Gasteiger partial charge in [0.15, 0.2) is 0 Å². The molecule has 0 spiro atoms. The van der Waals surface area contributed by atoms with Gasteiger partial charge in [-0.05, 0) is 49.9 Å². The molecule has 0 bridgehead atoms. The first-order valence-corrected chi connectivity index (χ1v) is 11.8. The number of nitrogens with zero attached hydrogens (tertiary/aromatic N) is 3. The van der Waals surface area contributed by atoms with Gasteiger partial charge in [-0.25, -0.2) is 4.98 Å². The second-order valence-corrected chi connectivity index (χ2v) is 9.40. The summed E-state index contributed by atoms with van der Waals surface area (Å²) in [4.78, 5) is 19.9. The zero-order valence-electron chi connectivity index (χ0n) is 17.4. The van der Waals surface area contributed by atoms with Crippen LogP contribution in [0.1, 0.15) is 38.5 Å². The SMILES string of the molecule is O=C(NC1CCCC1)C1CCN(c2nc3cc(Cl)c(Cl)cc3n2-c2ccccc2)CC1. The Balaban J connectivity index is 1.41. The van der Waals surface area contributed by atoms with E-state index in [1.807, 2.05) is 30.3 Å². The number of anilines is 1. The van der Waals surface area contributed by atoms with Crippen molar-refractivity contribution in [2.24, 2.45) is 5.92 Å². The van der Waals surface area contributed by atoms with Crippen molar-refractivity contribution in [1.82, 2.24) is 14.9 Å². The Hall–Kier alpha value is -2.24. The van der Waals surface area contributed by atoms with E-state index in [1.165, 1.54) is 12.8 Å². The predicted molar refractivity (Wildman–Crippen MR) is 126 cm³/mol. The molecule has 31 heavy (non-hydrogen) atoms. The number of para-hydroxylation sites is 1. The quantitative estimate of drug-likeness (QED) is 0.554. The molecule has 0 atom stereocenters. The monoisotopic (exact) mass is 456 g/mol. The number of imidazole rings is 1. The van der Waals surface area contributed by atoms with E-state index in [2.05, 4.69) is 26.9 Å². The van der Waals surface area contributed by atoms with Crippen molar-refractivity contribution >= 4 is 46.1 Å². The van der Waals surface area contributed by atoms with Crippen molar-refractivity contribution in [1.29, 1.82) is 0 Å². The number of hydrogen-bond donors (Lipinski definition) is 1. The van der Waals surface area contributed by atoms with Crippen LogP contribution in [0.3, 0.4) is 0 Å². The van der Waals surface area contributed by atoms with Gasteiger partial charge >= 0.3 is 0 Å². The maximum absolute atomic E-state index is 12.7. The molecule has 0 unspecified atom stereocenters. The molecule has 2 fully saturated rings. The smallest absolute Gasteiger partial charge is 0.223 e. The molecule has 7 heteroatoms. The molecule has 1 aliphatic carbocycles. The third kappa shape index (κ3) is 4.13. The van der Waals surface area contributed by atoms with Crippen molar-refractivity contribution in [3.05, 3.63) is 52.5 Å². The Bertz CT molecular complexity index is 1080. The number of benzene rings is 2. The summed E-state index contributed by atoms with van der Waals surface area (Å²) in [5.74, 6) is 1.17. The fourth-order valence-electron chi connectivity index (χ4n) is 4.83. The minimum atomic E-state index is 0.0790. The van der Waals surface area contributed by atoms with Gasteiger partial charge in [0.1, 0.15) is 0 Å². The lowest BCUT2D eigenvalue weighted by Crippen LogP contribution is -2.43. The summed E-state index contributed by atoms with van der Waals surface area (Å²) in [5, 5.41) is 4.28. The maximum atomic E-state index is 12.7. The second kappa shape index (κ2) is 8.71. The molecule has 1 aliphatic heterocycles. The zero-order valence-corrected chi connectivity index (χ0v) is 18.9. The minimum absolute atomic E-state index is 0.0790. The Morgan fingerprint density at radius 2 is 1.65 bits per heavy atom. The van der Waals surface area contributed by atoms with Crippen molar-refractivity contribution in [2.75, 3.05) is 18.0 Å². The average Bonchev–Trinajstić information content (AvgIpc) is 3.42. The molecule has 2 aliphatic rings. The van der Waals surface area contributed by atoms with E-state index in [-0.39, 0.29) is 11.8 Å². The largest absolute Gasteiger partial charge is 0.353 e. The number of carbonyl (C=O) groups is 1. The minimum Gasteiger partial charge on any atom is -0.353 e. The highest BCUT2D eigenvalue weighted by molar-refractivity contribution is 6.42. The highest BCUT2D eigenvalue weighted by Crippen LogP contribution is 2.34. The molecule has 1 saturated heterocycles. The number of halogens is 2. The average molecular weight is 457 g/mol. The van der Waals surface area contributed by atoms with Crippen molar-refractivity contribution < 1.29 is 4.79 Å². The third-order valence-electron chi connectivity index (χ3n) is 6.54. The van der Waals surface area contributed by atoms with Crippen LogP contribution in [0.4, 0.5) is 5.95 Å². The first-order chi connectivity index (χ1) is 15.1. The van der Waals surface area contributed by atoms with Crippen LogP contribution in [-0.2, 0) is 4.79 Å². The number of amides is 1. The molecule has 1 amide bonds. The van der Waals surface area contributed by atoms with Crippen LogP contribution in [0.25, 0.3) is 16.7 Å². The number of piperidine rings is 1. The van der Waals surface area contributed by atoms with Gasteiger partial charge in [0.05, 0.1) is 21.1 Å². The van der Waals surface area contributed by atoms with Crippen LogP contribution < -0.4 is 10.2 Å². The molecule has 1 saturated carbocycles. The summed E-state index contributed by atoms with van der Waals surface area (Å²) in [5.41, 5.74) is 2.77. The number of hydrogen-bond acceptors (Lipinski definition) is 3.